The maximum absolute atomic E-state index is 11.9. The third-order valence-electron chi connectivity index (χ3n) is 2.19. The van der Waals surface area contributed by atoms with Crippen molar-refractivity contribution in [2.24, 2.45) is 5.92 Å². The highest BCUT2D eigenvalue weighted by Gasteiger charge is 2.06. The van der Waals surface area contributed by atoms with E-state index < -0.39 is 11.6 Å². The number of amides is 1. The molecule has 5 heteroatoms. The quantitative estimate of drug-likeness (QED) is 0.827. The molecule has 108 valence electrons. The van der Waals surface area contributed by atoms with Gasteiger partial charge in [0.2, 0.25) is 5.91 Å². The predicted octanol–water partition coefficient (Wildman–Crippen LogP) is 2.68. The lowest BCUT2D eigenvalue weighted by Crippen LogP contribution is -2.41. The van der Waals surface area contributed by atoms with Gasteiger partial charge < -0.3 is 10.6 Å². The van der Waals surface area contributed by atoms with Crippen molar-refractivity contribution in [2.45, 2.75) is 33.4 Å². The molecule has 0 saturated carbocycles. The van der Waals surface area contributed by atoms with Crippen LogP contribution in [0.4, 0.5) is 8.78 Å². The number of carbonyl (C=O) groups excluding carboxylic acids is 1. The van der Waals surface area contributed by atoms with Crippen molar-refractivity contribution in [2.75, 3.05) is 7.05 Å². The lowest BCUT2D eigenvalue weighted by molar-refractivity contribution is -0.122. The third kappa shape index (κ3) is 10.1. The van der Waals surface area contributed by atoms with Crippen molar-refractivity contribution in [3.05, 3.63) is 35.9 Å². The van der Waals surface area contributed by atoms with Gasteiger partial charge in [0, 0.05) is 12.5 Å². The van der Waals surface area contributed by atoms with Gasteiger partial charge in [-0.1, -0.05) is 19.9 Å². The van der Waals surface area contributed by atoms with E-state index in [0.29, 0.717) is 12.3 Å². The van der Waals surface area contributed by atoms with Crippen LogP contribution in [0.1, 0.15) is 27.2 Å². The van der Waals surface area contributed by atoms with Crippen molar-refractivity contribution in [1.29, 1.82) is 0 Å². The first kappa shape index (κ1) is 17.5. The second-order valence-corrected chi connectivity index (χ2v) is 4.62. The Hall–Kier alpha value is -1.49. The van der Waals surface area contributed by atoms with E-state index in [9.17, 15) is 13.6 Å². The van der Waals surface area contributed by atoms with Crippen molar-refractivity contribution in [1.82, 2.24) is 10.6 Å². The van der Waals surface area contributed by atoms with E-state index in [0.717, 1.165) is 6.07 Å². The molecule has 0 bridgehead atoms. The summed E-state index contributed by atoms with van der Waals surface area (Å²) in [6.45, 7) is 5.98. The molecule has 2 N–H and O–H groups in total. The van der Waals surface area contributed by atoms with Crippen molar-refractivity contribution < 1.29 is 13.6 Å². The number of benzene rings is 1. The topological polar surface area (TPSA) is 41.1 Å². The lowest BCUT2D eigenvalue weighted by Gasteiger charge is -2.13. The first-order chi connectivity index (χ1) is 8.85. The van der Waals surface area contributed by atoms with Crippen molar-refractivity contribution in [3.63, 3.8) is 0 Å². The maximum atomic E-state index is 11.9. The minimum absolute atomic E-state index is 0.0706. The average molecular weight is 272 g/mol. The molecule has 1 aromatic carbocycles. The van der Waals surface area contributed by atoms with Crippen LogP contribution in [0.2, 0.25) is 0 Å². The fourth-order valence-electron chi connectivity index (χ4n) is 1.20. The molecule has 0 unspecified atom stereocenters. The molecule has 0 radical (unpaired) electrons. The van der Waals surface area contributed by atoms with Crippen molar-refractivity contribution >= 4 is 5.91 Å². The Kier molecular flexibility index (Phi) is 8.70. The highest BCUT2D eigenvalue weighted by atomic mass is 19.1. The summed E-state index contributed by atoms with van der Waals surface area (Å²) < 4.78 is 23.9. The number of carbonyl (C=O) groups is 1. The van der Waals surface area contributed by atoms with Crippen LogP contribution in [-0.2, 0) is 4.79 Å². The molecule has 0 aliphatic carbocycles. The Balaban J connectivity index is 0.000000356. The van der Waals surface area contributed by atoms with Crippen LogP contribution in [0.3, 0.4) is 0 Å². The van der Waals surface area contributed by atoms with Gasteiger partial charge in [0.05, 0.1) is 6.17 Å². The zero-order chi connectivity index (χ0) is 14.8. The molecule has 19 heavy (non-hydrogen) atoms. The first-order valence-electron chi connectivity index (χ1n) is 6.22. The Morgan fingerprint density at radius 1 is 1.21 bits per heavy atom. The molecule has 0 aromatic heterocycles. The molecule has 0 heterocycles. The van der Waals surface area contributed by atoms with E-state index >= 15 is 0 Å². The van der Waals surface area contributed by atoms with Gasteiger partial charge in [-0.05, 0) is 32.0 Å². The monoisotopic (exact) mass is 272 g/mol. The molecular formula is C14H22F2N2O. The second kappa shape index (κ2) is 9.44. The molecule has 1 rings (SSSR count). The summed E-state index contributed by atoms with van der Waals surface area (Å²) in [6.07, 6.45) is 0.674. The van der Waals surface area contributed by atoms with Crippen LogP contribution < -0.4 is 10.6 Å². The van der Waals surface area contributed by atoms with E-state index in [1.807, 2.05) is 27.8 Å². The van der Waals surface area contributed by atoms with E-state index in [4.69, 9.17) is 0 Å². The van der Waals surface area contributed by atoms with Gasteiger partial charge >= 0.3 is 0 Å². The standard InChI is InChI=1S/C8H18N2O.C6H4F2/c1-6(2)5-8(11)10-7(3)9-4;7-5-2-1-3-6(8)4-5/h6-7,9H,5H2,1-4H3,(H,10,11);1-4H/t7-;/m1./s1. The van der Waals surface area contributed by atoms with Crippen LogP contribution >= 0.6 is 0 Å². The highest BCUT2D eigenvalue weighted by molar-refractivity contribution is 5.76. The van der Waals surface area contributed by atoms with Gasteiger partial charge in [-0.25, -0.2) is 8.78 Å². The summed E-state index contributed by atoms with van der Waals surface area (Å²) in [7, 11) is 1.82. The molecule has 1 aromatic rings. The van der Waals surface area contributed by atoms with Gasteiger partial charge in [0.25, 0.3) is 0 Å². The van der Waals surface area contributed by atoms with E-state index in [1.165, 1.54) is 18.2 Å². The molecule has 0 spiro atoms. The molecule has 3 nitrogen and oxygen atoms in total. The SMILES string of the molecule is CN[C@@H](C)NC(=O)CC(C)C.Fc1cccc(F)c1. The minimum atomic E-state index is -0.537. The minimum Gasteiger partial charge on any atom is -0.341 e. The Morgan fingerprint density at radius 3 is 2.05 bits per heavy atom. The van der Waals surface area contributed by atoms with Gasteiger partial charge in [-0.15, -0.1) is 0 Å². The van der Waals surface area contributed by atoms with Crippen LogP contribution in [0.5, 0.6) is 0 Å². The number of hydrogen-bond donors (Lipinski definition) is 2. The number of halogens is 2. The van der Waals surface area contributed by atoms with Crippen molar-refractivity contribution in [3.8, 4) is 0 Å². The molecular weight excluding hydrogens is 250 g/mol. The second-order valence-electron chi connectivity index (χ2n) is 4.62. The largest absolute Gasteiger partial charge is 0.341 e. The smallest absolute Gasteiger partial charge is 0.221 e. The van der Waals surface area contributed by atoms with Gasteiger partial charge in [-0.2, -0.15) is 0 Å². The van der Waals surface area contributed by atoms with E-state index in [2.05, 4.69) is 10.6 Å². The van der Waals surface area contributed by atoms with Gasteiger partial charge in [0.15, 0.2) is 0 Å². The molecule has 1 atom stereocenters. The van der Waals surface area contributed by atoms with Gasteiger partial charge in [-0.3, -0.25) is 4.79 Å². The molecule has 0 aliphatic rings. The molecule has 1 amide bonds. The lowest BCUT2D eigenvalue weighted by atomic mass is 10.1. The zero-order valence-electron chi connectivity index (χ0n) is 11.8. The molecule has 0 aliphatic heterocycles. The number of nitrogens with one attached hydrogen (secondary N) is 2. The van der Waals surface area contributed by atoms with Gasteiger partial charge in [0.1, 0.15) is 11.6 Å². The predicted molar refractivity (Wildman–Crippen MR) is 72.5 cm³/mol. The average Bonchev–Trinajstić information content (AvgIpc) is 2.28. The molecule has 0 fully saturated rings. The Bertz CT molecular complexity index is 366. The summed E-state index contributed by atoms with van der Waals surface area (Å²) in [5.41, 5.74) is 0. The summed E-state index contributed by atoms with van der Waals surface area (Å²) in [4.78, 5) is 11.1. The summed E-state index contributed by atoms with van der Waals surface area (Å²) in [5.74, 6) is -0.532. The van der Waals surface area contributed by atoms with E-state index in [-0.39, 0.29) is 12.1 Å². The van der Waals surface area contributed by atoms with Crippen LogP contribution in [0, 0.1) is 17.6 Å². The number of rotatable bonds is 4. The normalized spacial score (nSPS) is 11.5. The molecule has 0 saturated heterocycles. The van der Waals surface area contributed by atoms with Crippen LogP contribution in [-0.4, -0.2) is 19.1 Å². The fourth-order valence-corrected chi connectivity index (χ4v) is 1.20. The highest BCUT2D eigenvalue weighted by Crippen LogP contribution is 1.99. The number of hydrogen-bond acceptors (Lipinski definition) is 2. The van der Waals surface area contributed by atoms with Crippen LogP contribution in [0.25, 0.3) is 0 Å². The third-order valence-corrected chi connectivity index (χ3v) is 2.19. The fraction of sp³-hybridized carbons (Fsp3) is 0.500. The maximum Gasteiger partial charge on any atom is 0.221 e. The zero-order valence-corrected chi connectivity index (χ0v) is 11.8. The summed E-state index contributed by atoms with van der Waals surface area (Å²) in [6, 6.07) is 4.55. The van der Waals surface area contributed by atoms with Crippen LogP contribution in [0.15, 0.2) is 24.3 Å². The Labute approximate surface area is 113 Å². The Morgan fingerprint density at radius 2 is 1.74 bits per heavy atom. The summed E-state index contributed by atoms with van der Waals surface area (Å²) in [5, 5.41) is 5.75. The van der Waals surface area contributed by atoms with E-state index in [1.54, 1.807) is 0 Å². The summed E-state index contributed by atoms with van der Waals surface area (Å²) >= 11 is 0. The first-order valence-corrected chi connectivity index (χ1v) is 6.22.